The molecule has 3 nitrogen and oxygen atoms in total. The minimum absolute atomic E-state index is 0.0284. The molecule has 2 aromatic rings. The molecule has 1 amide bonds. The smallest absolute Gasteiger partial charge is 0.254 e. The van der Waals surface area contributed by atoms with Crippen molar-refractivity contribution in [3.63, 3.8) is 0 Å². The highest BCUT2D eigenvalue weighted by atomic mass is 35.5. The lowest BCUT2D eigenvalue weighted by Gasteiger charge is -2.25. The fraction of sp³-hybridized carbons (Fsp3) is 0.250. The van der Waals surface area contributed by atoms with Crippen LogP contribution in [0, 0.1) is 0 Å². The number of halogens is 1. The normalized spacial score (nSPS) is 18.2. The topological polar surface area (TPSA) is 33.2 Å². The number of carbonyl (C=O) groups is 1. The fourth-order valence-electron chi connectivity index (χ4n) is 2.73. The standard InChI is InChI=1S/C16H15ClN2O/c17-15-11-13(8-9-18-15)16(20)19-10-4-7-14(19)12-5-2-1-3-6-12/h1-3,5-6,8-9,11,14H,4,7,10H2. The Labute approximate surface area is 123 Å². The van der Waals surface area contributed by atoms with Crippen molar-refractivity contribution >= 4 is 17.5 Å². The Bertz CT molecular complexity index is 615. The molecule has 1 saturated heterocycles. The number of carbonyl (C=O) groups excluding carboxylic acids is 1. The number of nitrogens with zero attached hydrogens (tertiary/aromatic N) is 2. The molecule has 1 atom stereocenters. The third-order valence-corrected chi connectivity index (χ3v) is 3.88. The van der Waals surface area contributed by atoms with Gasteiger partial charge in [-0.1, -0.05) is 41.9 Å². The van der Waals surface area contributed by atoms with Crippen LogP contribution in [0.2, 0.25) is 5.15 Å². The Morgan fingerprint density at radius 3 is 2.80 bits per heavy atom. The van der Waals surface area contributed by atoms with E-state index in [-0.39, 0.29) is 11.9 Å². The Hall–Kier alpha value is -1.87. The summed E-state index contributed by atoms with van der Waals surface area (Å²) in [7, 11) is 0. The second-order valence-corrected chi connectivity index (χ2v) is 5.32. The van der Waals surface area contributed by atoms with Gasteiger partial charge in [0.2, 0.25) is 0 Å². The molecule has 1 aliphatic rings. The summed E-state index contributed by atoms with van der Waals surface area (Å²) < 4.78 is 0. The molecule has 4 heteroatoms. The zero-order chi connectivity index (χ0) is 13.9. The molecule has 0 N–H and O–H groups in total. The molecule has 102 valence electrons. The average molecular weight is 287 g/mol. The monoisotopic (exact) mass is 286 g/mol. The number of amides is 1. The van der Waals surface area contributed by atoms with Crippen molar-refractivity contribution in [2.45, 2.75) is 18.9 Å². The third kappa shape index (κ3) is 2.54. The summed E-state index contributed by atoms with van der Waals surface area (Å²) in [4.78, 5) is 18.5. The van der Waals surface area contributed by atoms with Crippen LogP contribution in [0.5, 0.6) is 0 Å². The molecular weight excluding hydrogens is 272 g/mol. The summed E-state index contributed by atoms with van der Waals surface area (Å²) in [5, 5.41) is 0.353. The number of benzene rings is 1. The first-order valence-corrected chi connectivity index (χ1v) is 7.11. The van der Waals surface area contributed by atoms with Crippen molar-refractivity contribution in [1.29, 1.82) is 0 Å². The lowest BCUT2D eigenvalue weighted by molar-refractivity contribution is 0.0735. The minimum Gasteiger partial charge on any atom is -0.332 e. The maximum Gasteiger partial charge on any atom is 0.254 e. The van der Waals surface area contributed by atoms with E-state index in [9.17, 15) is 4.79 Å². The molecule has 3 rings (SSSR count). The number of aromatic nitrogens is 1. The van der Waals surface area contributed by atoms with Crippen LogP contribution in [0.1, 0.15) is 34.8 Å². The second-order valence-electron chi connectivity index (χ2n) is 4.93. The van der Waals surface area contributed by atoms with E-state index >= 15 is 0 Å². The summed E-state index contributed by atoms with van der Waals surface area (Å²) in [6.07, 6.45) is 3.61. The summed E-state index contributed by atoms with van der Waals surface area (Å²) >= 11 is 5.87. The van der Waals surface area contributed by atoms with Crippen LogP contribution in [0.3, 0.4) is 0 Å². The second kappa shape index (κ2) is 5.63. The van der Waals surface area contributed by atoms with Gasteiger partial charge in [-0.3, -0.25) is 4.79 Å². The van der Waals surface area contributed by atoms with Gasteiger partial charge < -0.3 is 4.90 Å². The lowest BCUT2D eigenvalue weighted by atomic mass is 10.0. The van der Waals surface area contributed by atoms with Gasteiger partial charge in [0.15, 0.2) is 0 Å². The van der Waals surface area contributed by atoms with Gasteiger partial charge in [-0.2, -0.15) is 0 Å². The molecule has 1 aromatic heterocycles. The minimum atomic E-state index is 0.0284. The van der Waals surface area contributed by atoms with Crippen molar-refractivity contribution in [2.75, 3.05) is 6.54 Å². The Morgan fingerprint density at radius 1 is 1.25 bits per heavy atom. The van der Waals surface area contributed by atoms with E-state index in [1.807, 2.05) is 23.1 Å². The maximum absolute atomic E-state index is 12.6. The van der Waals surface area contributed by atoms with Gasteiger partial charge in [0.05, 0.1) is 6.04 Å². The molecule has 2 heterocycles. The van der Waals surface area contributed by atoms with Gasteiger partial charge in [-0.25, -0.2) is 4.98 Å². The van der Waals surface area contributed by atoms with Crippen LogP contribution in [0.25, 0.3) is 0 Å². The Balaban J connectivity index is 1.87. The molecule has 0 bridgehead atoms. The fourth-order valence-corrected chi connectivity index (χ4v) is 2.91. The maximum atomic E-state index is 12.6. The van der Waals surface area contributed by atoms with E-state index in [0.717, 1.165) is 19.4 Å². The molecule has 0 radical (unpaired) electrons. The van der Waals surface area contributed by atoms with Crippen LogP contribution >= 0.6 is 11.6 Å². The van der Waals surface area contributed by atoms with E-state index in [2.05, 4.69) is 17.1 Å². The number of hydrogen-bond donors (Lipinski definition) is 0. The SMILES string of the molecule is O=C(c1ccnc(Cl)c1)N1CCCC1c1ccccc1. The molecule has 1 aliphatic heterocycles. The van der Waals surface area contributed by atoms with Crippen LogP contribution in [0.4, 0.5) is 0 Å². The van der Waals surface area contributed by atoms with E-state index in [0.29, 0.717) is 10.7 Å². The highest BCUT2D eigenvalue weighted by Gasteiger charge is 2.30. The van der Waals surface area contributed by atoms with Crippen LogP contribution < -0.4 is 0 Å². The number of hydrogen-bond acceptors (Lipinski definition) is 2. The molecule has 20 heavy (non-hydrogen) atoms. The third-order valence-electron chi connectivity index (χ3n) is 3.67. The Morgan fingerprint density at radius 2 is 2.05 bits per heavy atom. The molecule has 1 fully saturated rings. The zero-order valence-corrected chi connectivity index (χ0v) is 11.8. The predicted molar refractivity (Wildman–Crippen MR) is 78.7 cm³/mol. The molecule has 0 saturated carbocycles. The quantitative estimate of drug-likeness (QED) is 0.789. The first-order valence-electron chi connectivity index (χ1n) is 6.73. The molecule has 1 unspecified atom stereocenters. The van der Waals surface area contributed by atoms with E-state index in [1.54, 1.807) is 18.3 Å². The molecule has 0 spiro atoms. The van der Waals surface area contributed by atoms with Crippen molar-refractivity contribution in [3.8, 4) is 0 Å². The number of rotatable bonds is 2. The summed E-state index contributed by atoms with van der Waals surface area (Å²) in [6, 6.07) is 13.7. The lowest BCUT2D eigenvalue weighted by Crippen LogP contribution is -2.30. The molecule has 0 aliphatic carbocycles. The number of pyridine rings is 1. The highest BCUT2D eigenvalue weighted by Crippen LogP contribution is 2.33. The van der Waals surface area contributed by atoms with E-state index in [1.165, 1.54) is 5.56 Å². The van der Waals surface area contributed by atoms with Crippen LogP contribution in [-0.2, 0) is 0 Å². The molecule has 1 aromatic carbocycles. The van der Waals surface area contributed by atoms with Gasteiger partial charge in [0.1, 0.15) is 5.15 Å². The van der Waals surface area contributed by atoms with Crippen molar-refractivity contribution in [2.24, 2.45) is 0 Å². The van der Waals surface area contributed by atoms with Crippen LogP contribution in [0.15, 0.2) is 48.7 Å². The van der Waals surface area contributed by atoms with Gasteiger partial charge in [0.25, 0.3) is 5.91 Å². The van der Waals surface area contributed by atoms with Crippen molar-refractivity contribution in [3.05, 3.63) is 64.9 Å². The van der Waals surface area contributed by atoms with Gasteiger partial charge in [-0.05, 0) is 30.5 Å². The first kappa shape index (κ1) is 13.1. The largest absolute Gasteiger partial charge is 0.332 e. The number of likely N-dealkylation sites (tertiary alicyclic amines) is 1. The highest BCUT2D eigenvalue weighted by molar-refractivity contribution is 6.29. The van der Waals surface area contributed by atoms with Gasteiger partial charge in [0, 0.05) is 18.3 Å². The van der Waals surface area contributed by atoms with Gasteiger partial charge in [-0.15, -0.1) is 0 Å². The first-order chi connectivity index (χ1) is 9.75. The Kier molecular flexibility index (Phi) is 3.70. The van der Waals surface area contributed by atoms with Crippen LogP contribution in [-0.4, -0.2) is 22.3 Å². The zero-order valence-electron chi connectivity index (χ0n) is 11.0. The molecular formula is C16H15ClN2O. The summed E-state index contributed by atoms with van der Waals surface area (Å²) in [6.45, 7) is 0.790. The van der Waals surface area contributed by atoms with Crippen molar-refractivity contribution < 1.29 is 4.79 Å². The van der Waals surface area contributed by atoms with Gasteiger partial charge >= 0.3 is 0 Å². The average Bonchev–Trinajstić information content (AvgIpc) is 2.97. The summed E-state index contributed by atoms with van der Waals surface area (Å²) in [5.41, 5.74) is 1.80. The van der Waals surface area contributed by atoms with E-state index < -0.39 is 0 Å². The van der Waals surface area contributed by atoms with E-state index in [4.69, 9.17) is 11.6 Å². The van der Waals surface area contributed by atoms with Crippen molar-refractivity contribution in [1.82, 2.24) is 9.88 Å². The summed E-state index contributed by atoms with van der Waals surface area (Å²) in [5.74, 6) is 0.0284. The predicted octanol–water partition coefficient (Wildman–Crippen LogP) is 3.71.